The van der Waals surface area contributed by atoms with Crippen molar-refractivity contribution in [3.8, 4) is 5.95 Å². The van der Waals surface area contributed by atoms with E-state index in [1.807, 2.05) is 0 Å². The highest BCUT2D eigenvalue weighted by molar-refractivity contribution is 7.10. The van der Waals surface area contributed by atoms with Crippen molar-refractivity contribution >= 4 is 23.2 Å². The Morgan fingerprint density at radius 1 is 1.24 bits per heavy atom. The third kappa shape index (κ3) is 2.97. The molecule has 0 spiro atoms. The Bertz CT molecular complexity index is 721. The number of hydrogen-bond donors (Lipinski definition) is 2. The van der Waals surface area contributed by atoms with E-state index in [9.17, 15) is 0 Å². The third-order valence-electron chi connectivity index (χ3n) is 2.85. The molecule has 0 fully saturated rings. The van der Waals surface area contributed by atoms with Crippen LogP contribution in [0.25, 0.3) is 5.95 Å². The Morgan fingerprint density at radius 3 is 2.76 bits per heavy atom. The maximum atomic E-state index is 4.34. The average Bonchev–Trinajstić information content (AvgIpc) is 3.16. The van der Waals surface area contributed by atoms with E-state index in [2.05, 4.69) is 54.0 Å². The topological polar surface area (TPSA) is 93.4 Å². The van der Waals surface area contributed by atoms with Gasteiger partial charge in [0.15, 0.2) is 0 Å². The van der Waals surface area contributed by atoms with Crippen molar-refractivity contribution in [3.05, 3.63) is 34.5 Å². The molecule has 0 radical (unpaired) electrons. The number of nitrogens with one attached hydrogen (secondary N) is 2. The van der Waals surface area contributed by atoms with Crippen molar-refractivity contribution in [2.75, 3.05) is 17.7 Å². The van der Waals surface area contributed by atoms with Crippen molar-refractivity contribution in [1.82, 2.24) is 29.7 Å². The van der Waals surface area contributed by atoms with Crippen LogP contribution in [-0.2, 0) is 6.54 Å². The Kier molecular flexibility index (Phi) is 3.73. The molecular formula is C12H14N8S. The molecule has 0 amide bonds. The van der Waals surface area contributed by atoms with E-state index in [4.69, 9.17) is 0 Å². The quantitative estimate of drug-likeness (QED) is 0.737. The lowest BCUT2D eigenvalue weighted by Gasteiger charge is -2.08. The number of rotatable bonds is 5. The summed E-state index contributed by atoms with van der Waals surface area (Å²) >= 11 is 1.70. The molecule has 3 aromatic rings. The van der Waals surface area contributed by atoms with Crippen LogP contribution >= 0.6 is 11.3 Å². The van der Waals surface area contributed by atoms with Gasteiger partial charge in [0.25, 0.3) is 5.95 Å². The second-order valence-corrected chi connectivity index (χ2v) is 5.25. The molecule has 0 aliphatic carbocycles. The molecule has 0 bridgehead atoms. The highest BCUT2D eigenvalue weighted by Crippen LogP contribution is 2.17. The van der Waals surface area contributed by atoms with Gasteiger partial charge in [0.05, 0.1) is 6.54 Å². The summed E-state index contributed by atoms with van der Waals surface area (Å²) in [5.41, 5.74) is 1.26. The largest absolute Gasteiger partial charge is 0.357 e. The molecule has 108 valence electrons. The fourth-order valence-corrected chi connectivity index (χ4v) is 2.56. The summed E-state index contributed by atoms with van der Waals surface area (Å²) < 4.78 is 1.49. The van der Waals surface area contributed by atoms with Crippen LogP contribution in [0.4, 0.5) is 11.9 Å². The summed E-state index contributed by atoms with van der Waals surface area (Å²) in [6.45, 7) is 2.76. The van der Waals surface area contributed by atoms with Crippen LogP contribution in [-0.4, -0.2) is 36.8 Å². The Morgan fingerprint density at radius 2 is 2.10 bits per heavy atom. The standard InChI is InChI=1S/C12H14N8S/c1-8-3-4-21-9(8)5-15-11-17-10(13-2)18-12(19-11)20-7-14-6-16-20/h3-4,6-7H,5H2,1-2H3,(H2,13,15,17,18,19). The van der Waals surface area contributed by atoms with Crippen LogP contribution in [0.1, 0.15) is 10.4 Å². The number of aryl methyl sites for hydroxylation is 1. The molecule has 3 heterocycles. The lowest BCUT2D eigenvalue weighted by Crippen LogP contribution is -2.11. The van der Waals surface area contributed by atoms with Gasteiger partial charge in [-0.3, -0.25) is 0 Å². The summed E-state index contributed by atoms with van der Waals surface area (Å²) in [5.74, 6) is 1.38. The Hall–Kier alpha value is -2.55. The molecule has 0 aliphatic heterocycles. The van der Waals surface area contributed by atoms with E-state index in [-0.39, 0.29) is 0 Å². The summed E-state index contributed by atoms with van der Waals surface area (Å²) in [5, 5.41) is 12.2. The predicted octanol–water partition coefficient (Wildman–Crippen LogP) is 1.48. The highest BCUT2D eigenvalue weighted by Gasteiger charge is 2.08. The minimum atomic E-state index is 0.414. The van der Waals surface area contributed by atoms with Crippen LogP contribution in [0.5, 0.6) is 0 Å². The maximum Gasteiger partial charge on any atom is 0.258 e. The molecule has 21 heavy (non-hydrogen) atoms. The molecule has 3 aromatic heterocycles. The summed E-state index contributed by atoms with van der Waals surface area (Å²) in [6, 6.07) is 2.09. The van der Waals surface area contributed by atoms with Crippen LogP contribution in [0.15, 0.2) is 24.1 Å². The van der Waals surface area contributed by atoms with Gasteiger partial charge < -0.3 is 10.6 Å². The average molecular weight is 302 g/mol. The molecule has 3 rings (SSSR count). The van der Waals surface area contributed by atoms with Crippen LogP contribution in [0.2, 0.25) is 0 Å². The van der Waals surface area contributed by atoms with Crippen LogP contribution in [0.3, 0.4) is 0 Å². The molecule has 0 unspecified atom stereocenters. The first-order valence-corrected chi connectivity index (χ1v) is 7.20. The van der Waals surface area contributed by atoms with Gasteiger partial charge in [-0.15, -0.1) is 11.3 Å². The van der Waals surface area contributed by atoms with Gasteiger partial charge in [-0.2, -0.15) is 24.7 Å². The normalized spacial score (nSPS) is 10.6. The zero-order chi connectivity index (χ0) is 14.7. The zero-order valence-electron chi connectivity index (χ0n) is 11.6. The van der Waals surface area contributed by atoms with E-state index in [0.717, 1.165) is 0 Å². The summed E-state index contributed by atoms with van der Waals surface area (Å²) in [4.78, 5) is 18.0. The third-order valence-corrected chi connectivity index (χ3v) is 3.87. The van der Waals surface area contributed by atoms with E-state index in [0.29, 0.717) is 24.4 Å². The maximum absolute atomic E-state index is 4.34. The molecule has 0 saturated heterocycles. The van der Waals surface area contributed by atoms with Gasteiger partial charge >= 0.3 is 0 Å². The van der Waals surface area contributed by atoms with E-state index in [1.165, 1.54) is 21.4 Å². The van der Waals surface area contributed by atoms with Gasteiger partial charge in [-0.1, -0.05) is 0 Å². The number of hydrogen-bond acceptors (Lipinski definition) is 8. The molecule has 9 heteroatoms. The smallest absolute Gasteiger partial charge is 0.258 e. The molecule has 8 nitrogen and oxygen atoms in total. The first-order valence-electron chi connectivity index (χ1n) is 6.32. The van der Waals surface area contributed by atoms with Gasteiger partial charge in [-0.25, -0.2) is 4.98 Å². The lowest BCUT2D eigenvalue weighted by molar-refractivity contribution is 0.795. The monoisotopic (exact) mass is 302 g/mol. The molecular weight excluding hydrogens is 288 g/mol. The molecule has 0 atom stereocenters. The summed E-state index contributed by atoms with van der Waals surface area (Å²) in [6.07, 6.45) is 2.98. The second kappa shape index (κ2) is 5.83. The fraction of sp³-hybridized carbons (Fsp3) is 0.250. The minimum absolute atomic E-state index is 0.414. The summed E-state index contributed by atoms with van der Waals surface area (Å²) in [7, 11) is 1.76. The fourth-order valence-electron chi connectivity index (χ4n) is 1.71. The van der Waals surface area contributed by atoms with Gasteiger partial charge in [0, 0.05) is 11.9 Å². The van der Waals surface area contributed by atoms with Crippen molar-refractivity contribution < 1.29 is 0 Å². The Balaban J connectivity index is 1.84. The zero-order valence-corrected chi connectivity index (χ0v) is 12.4. The van der Waals surface area contributed by atoms with Crippen molar-refractivity contribution in [1.29, 1.82) is 0 Å². The van der Waals surface area contributed by atoms with Gasteiger partial charge in [-0.05, 0) is 23.9 Å². The number of aromatic nitrogens is 6. The van der Waals surface area contributed by atoms with Crippen molar-refractivity contribution in [2.45, 2.75) is 13.5 Å². The van der Waals surface area contributed by atoms with Gasteiger partial charge in [0.1, 0.15) is 12.7 Å². The lowest BCUT2D eigenvalue weighted by atomic mass is 10.3. The van der Waals surface area contributed by atoms with Crippen molar-refractivity contribution in [3.63, 3.8) is 0 Å². The van der Waals surface area contributed by atoms with Gasteiger partial charge in [0.2, 0.25) is 11.9 Å². The second-order valence-electron chi connectivity index (χ2n) is 4.25. The van der Waals surface area contributed by atoms with Crippen molar-refractivity contribution in [2.24, 2.45) is 0 Å². The molecule has 2 N–H and O–H groups in total. The Labute approximate surface area is 125 Å². The SMILES string of the molecule is CNc1nc(NCc2sccc2C)nc(-n2cncn2)n1. The van der Waals surface area contributed by atoms with E-state index < -0.39 is 0 Å². The number of nitrogens with zero attached hydrogens (tertiary/aromatic N) is 6. The van der Waals surface area contributed by atoms with Crippen LogP contribution < -0.4 is 10.6 Å². The first kappa shape index (κ1) is 13.4. The molecule has 0 aromatic carbocycles. The minimum Gasteiger partial charge on any atom is -0.357 e. The molecule has 0 saturated carbocycles. The molecule has 0 aliphatic rings. The highest BCUT2D eigenvalue weighted by atomic mass is 32.1. The number of thiophene rings is 1. The number of anilines is 2. The predicted molar refractivity (Wildman–Crippen MR) is 80.7 cm³/mol. The van der Waals surface area contributed by atoms with E-state index in [1.54, 1.807) is 24.7 Å². The van der Waals surface area contributed by atoms with Crippen LogP contribution in [0, 0.1) is 6.92 Å². The first-order chi connectivity index (χ1) is 10.3. The van der Waals surface area contributed by atoms with E-state index >= 15 is 0 Å².